The Morgan fingerprint density at radius 2 is 2.17 bits per heavy atom. The molecule has 1 aromatic heterocycles. The van der Waals surface area contributed by atoms with Crippen molar-refractivity contribution in [1.29, 1.82) is 0 Å². The maximum absolute atomic E-state index is 13.5. The monoisotopic (exact) mass is 329 g/mol. The Bertz CT molecular complexity index is 556. The van der Waals surface area contributed by atoms with Gasteiger partial charge < -0.3 is 10.5 Å². The van der Waals surface area contributed by atoms with Crippen LogP contribution in [0.4, 0.5) is 4.39 Å². The molecule has 0 atom stereocenters. The van der Waals surface area contributed by atoms with Crippen molar-refractivity contribution in [2.24, 2.45) is 5.73 Å². The van der Waals surface area contributed by atoms with Crippen molar-refractivity contribution in [2.75, 3.05) is 0 Å². The second-order valence-corrected chi connectivity index (χ2v) is 6.12. The summed E-state index contributed by atoms with van der Waals surface area (Å²) in [6.07, 6.45) is 0. The van der Waals surface area contributed by atoms with Gasteiger partial charge in [-0.25, -0.2) is 4.39 Å². The number of rotatable bonds is 4. The van der Waals surface area contributed by atoms with Gasteiger partial charge in [0.15, 0.2) is 11.6 Å². The molecule has 5 heteroatoms. The zero-order chi connectivity index (χ0) is 13.1. The van der Waals surface area contributed by atoms with Gasteiger partial charge in [-0.05, 0) is 31.2 Å². The van der Waals surface area contributed by atoms with Crippen LogP contribution in [0, 0.1) is 12.7 Å². The zero-order valence-corrected chi connectivity index (χ0v) is 12.3. The molecule has 0 fully saturated rings. The Balaban J connectivity index is 2.11. The number of benzene rings is 1. The Hall–Kier alpha value is -0.910. The molecule has 1 heterocycles. The van der Waals surface area contributed by atoms with E-state index < -0.39 is 0 Å². The molecule has 0 saturated carbocycles. The van der Waals surface area contributed by atoms with Gasteiger partial charge in [0.2, 0.25) is 0 Å². The van der Waals surface area contributed by atoms with Crippen LogP contribution in [0.2, 0.25) is 0 Å². The van der Waals surface area contributed by atoms with E-state index in [1.54, 1.807) is 23.5 Å². The molecule has 18 heavy (non-hydrogen) atoms. The molecule has 0 aliphatic heterocycles. The van der Waals surface area contributed by atoms with Gasteiger partial charge in [-0.2, -0.15) is 0 Å². The minimum Gasteiger partial charge on any atom is -0.486 e. The van der Waals surface area contributed by atoms with Crippen LogP contribution >= 0.6 is 27.3 Å². The second kappa shape index (κ2) is 5.82. The minimum atomic E-state index is -0.356. The maximum Gasteiger partial charge on any atom is 0.165 e. The Kier molecular flexibility index (Phi) is 4.37. The van der Waals surface area contributed by atoms with E-state index >= 15 is 0 Å². The standard InChI is InChI=1S/C13H13BrFNOS/c1-8-9(4-11(6-16)18-8)7-17-13-5-10(14)2-3-12(13)15/h2-5H,6-7,16H2,1H3. The highest BCUT2D eigenvalue weighted by molar-refractivity contribution is 9.10. The summed E-state index contributed by atoms with van der Waals surface area (Å²) < 4.78 is 19.8. The highest BCUT2D eigenvalue weighted by Gasteiger charge is 2.08. The van der Waals surface area contributed by atoms with Crippen LogP contribution in [0.25, 0.3) is 0 Å². The van der Waals surface area contributed by atoms with Crippen molar-refractivity contribution in [3.8, 4) is 5.75 Å². The second-order valence-electron chi connectivity index (χ2n) is 3.86. The number of hydrogen-bond acceptors (Lipinski definition) is 3. The molecule has 0 aliphatic rings. The average molecular weight is 330 g/mol. The molecule has 0 bridgehead atoms. The Morgan fingerprint density at radius 1 is 1.39 bits per heavy atom. The lowest BCUT2D eigenvalue weighted by Crippen LogP contribution is -1.98. The predicted molar refractivity (Wildman–Crippen MR) is 75.4 cm³/mol. The van der Waals surface area contributed by atoms with Gasteiger partial charge in [-0.3, -0.25) is 0 Å². The number of halogens is 2. The fourth-order valence-corrected chi connectivity index (χ4v) is 2.84. The summed E-state index contributed by atoms with van der Waals surface area (Å²) in [6.45, 7) is 2.90. The first kappa shape index (κ1) is 13.5. The van der Waals surface area contributed by atoms with Gasteiger partial charge in [-0.1, -0.05) is 15.9 Å². The van der Waals surface area contributed by atoms with Crippen LogP contribution in [0.5, 0.6) is 5.75 Å². The third-order valence-electron chi connectivity index (χ3n) is 2.55. The summed E-state index contributed by atoms with van der Waals surface area (Å²) in [5.41, 5.74) is 6.64. The van der Waals surface area contributed by atoms with Crippen molar-refractivity contribution < 1.29 is 9.13 Å². The molecule has 0 radical (unpaired) electrons. The molecule has 2 nitrogen and oxygen atoms in total. The highest BCUT2D eigenvalue weighted by atomic mass is 79.9. The maximum atomic E-state index is 13.5. The SMILES string of the molecule is Cc1sc(CN)cc1COc1cc(Br)ccc1F. The summed E-state index contributed by atoms with van der Waals surface area (Å²) in [5.74, 6) is -0.102. The summed E-state index contributed by atoms with van der Waals surface area (Å²) in [5, 5.41) is 0. The molecule has 0 spiro atoms. The third kappa shape index (κ3) is 3.10. The van der Waals surface area contributed by atoms with E-state index in [1.165, 1.54) is 6.07 Å². The largest absolute Gasteiger partial charge is 0.486 e. The first-order chi connectivity index (χ1) is 8.60. The van der Waals surface area contributed by atoms with Crippen LogP contribution in [-0.2, 0) is 13.2 Å². The fraction of sp³-hybridized carbons (Fsp3) is 0.231. The first-order valence-corrected chi connectivity index (χ1v) is 7.07. The molecule has 2 N–H and O–H groups in total. The molecular weight excluding hydrogens is 317 g/mol. The van der Waals surface area contributed by atoms with Crippen LogP contribution in [0.15, 0.2) is 28.7 Å². The molecule has 2 rings (SSSR count). The molecule has 96 valence electrons. The number of aryl methyl sites for hydroxylation is 1. The fourth-order valence-electron chi connectivity index (χ4n) is 1.57. The molecule has 0 saturated heterocycles. The van der Waals surface area contributed by atoms with Gasteiger partial charge >= 0.3 is 0 Å². The lowest BCUT2D eigenvalue weighted by Gasteiger charge is -2.07. The van der Waals surface area contributed by atoms with Crippen molar-refractivity contribution >= 4 is 27.3 Å². The highest BCUT2D eigenvalue weighted by Crippen LogP contribution is 2.26. The lowest BCUT2D eigenvalue weighted by molar-refractivity contribution is 0.290. The number of hydrogen-bond donors (Lipinski definition) is 1. The van der Waals surface area contributed by atoms with Crippen LogP contribution in [-0.4, -0.2) is 0 Å². The first-order valence-electron chi connectivity index (χ1n) is 5.46. The van der Waals surface area contributed by atoms with Crippen LogP contribution < -0.4 is 10.5 Å². The summed E-state index contributed by atoms with van der Waals surface area (Å²) in [4.78, 5) is 2.27. The molecule has 0 amide bonds. The number of ether oxygens (including phenoxy) is 1. The van der Waals surface area contributed by atoms with Gasteiger partial charge in [0, 0.05) is 26.3 Å². The normalized spacial score (nSPS) is 10.7. The minimum absolute atomic E-state index is 0.254. The summed E-state index contributed by atoms with van der Waals surface area (Å²) in [7, 11) is 0. The zero-order valence-electron chi connectivity index (χ0n) is 9.87. The van der Waals surface area contributed by atoms with E-state index in [-0.39, 0.29) is 11.6 Å². The van der Waals surface area contributed by atoms with Gasteiger partial charge in [-0.15, -0.1) is 11.3 Å². The smallest absolute Gasteiger partial charge is 0.165 e. The quantitative estimate of drug-likeness (QED) is 0.920. The van der Waals surface area contributed by atoms with E-state index in [9.17, 15) is 4.39 Å². The van der Waals surface area contributed by atoms with Crippen molar-refractivity contribution in [3.63, 3.8) is 0 Å². The Labute approximate surface area is 118 Å². The molecule has 2 aromatic rings. The van der Waals surface area contributed by atoms with Crippen molar-refractivity contribution in [3.05, 3.63) is 49.9 Å². The van der Waals surface area contributed by atoms with E-state index in [1.807, 2.05) is 13.0 Å². The van der Waals surface area contributed by atoms with E-state index in [4.69, 9.17) is 10.5 Å². The van der Waals surface area contributed by atoms with Crippen molar-refractivity contribution in [1.82, 2.24) is 0 Å². The molecular formula is C13H13BrFNOS. The van der Waals surface area contributed by atoms with E-state index in [0.717, 1.165) is 19.8 Å². The summed E-state index contributed by atoms with van der Waals surface area (Å²) in [6, 6.07) is 6.66. The van der Waals surface area contributed by atoms with Gasteiger partial charge in [0.1, 0.15) is 6.61 Å². The lowest BCUT2D eigenvalue weighted by atomic mass is 10.2. The van der Waals surface area contributed by atoms with E-state index in [0.29, 0.717) is 13.2 Å². The summed E-state index contributed by atoms with van der Waals surface area (Å²) >= 11 is 4.94. The number of nitrogens with two attached hydrogens (primary N) is 1. The molecule has 1 aromatic carbocycles. The van der Waals surface area contributed by atoms with E-state index in [2.05, 4.69) is 15.9 Å². The Morgan fingerprint density at radius 3 is 2.83 bits per heavy atom. The average Bonchev–Trinajstić information content (AvgIpc) is 2.71. The predicted octanol–water partition coefficient (Wildman–Crippen LogP) is 4.00. The third-order valence-corrected chi connectivity index (χ3v) is 4.16. The van der Waals surface area contributed by atoms with Gasteiger partial charge in [0.25, 0.3) is 0 Å². The number of thiophene rings is 1. The van der Waals surface area contributed by atoms with Crippen molar-refractivity contribution in [2.45, 2.75) is 20.1 Å². The van der Waals surface area contributed by atoms with Gasteiger partial charge in [0.05, 0.1) is 0 Å². The van der Waals surface area contributed by atoms with Crippen LogP contribution in [0.3, 0.4) is 0 Å². The molecule has 0 aliphatic carbocycles. The van der Waals surface area contributed by atoms with Crippen LogP contribution in [0.1, 0.15) is 15.3 Å². The topological polar surface area (TPSA) is 35.2 Å². The molecule has 0 unspecified atom stereocenters.